The minimum absolute atomic E-state index is 0. The minimum Gasteiger partial charge on any atom is -0.493 e. The number of anilines is 1. The Labute approximate surface area is 207 Å². The topological polar surface area (TPSA) is 118 Å². The summed E-state index contributed by atoms with van der Waals surface area (Å²) >= 11 is 2.67. The maximum Gasteiger partial charge on any atom is 0.269 e. The largest absolute Gasteiger partial charge is 0.493 e. The highest BCUT2D eigenvalue weighted by atomic mass is 79.9. The van der Waals surface area contributed by atoms with Gasteiger partial charge in [0.2, 0.25) is 15.8 Å². The molecule has 33 heavy (non-hydrogen) atoms. The predicted molar refractivity (Wildman–Crippen MR) is 137 cm³/mol. The summed E-state index contributed by atoms with van der Waals surface area (Å²) in [4.78, 5) is 20.4. The Morgan fingerprint density at radius 1 is 1.21 bits per heavy atom. The Morgan fingerprint density at radius 2 is 1.94 bits per heavy atom. The lowest BCUT2D eigenvalue weighted by Crippen LogP contribution is -2.14. The molecule has 0 bridgehead atoms. The van der Waals surface area contributed by atoms with Crippen LogP contribution in [0.2, 0.25) is 0 Å². The summed E-state index contributed by atoms with van der Waals surface area (Å²) in [6, 6.07) is 15.7. The number of hydrogen-bond acceptors (Lipinski definition) is 9. The number of nitro groups is 1. The molecule has 0 saturated carbocycles. The molecule has 12 heteroatoms. The molecule has 0 saturated heterocycles. The highest BCUT2D eigenvalue weighted by Crippen LogP contribution is 2.26. The normalized spacial score (nSPS) is 11.5. The average Bonchev–Trinajstić information content (AvgIpc) is 3.41. The Morgan fingerprint density at radius 3 is 2.61 bits per heavy atom. The molecule has 0 radical (unpaired) electrons. The molecular weight excluding hydrogens is 528 g/mol. The van der Waals surface area contributed by atoms with Crippen LogP contribution < -0.4 is 10.2 Å². The summed E-state index contributed by atoms with van der Waals surface area (Å²) in [6.07, 6.45) is 1.62. The molecule has 0 atom stereocenters. The van der Waals surface area contributed by atoms with E-state index in [0.29, 0.717) is 27.0 Å². The highest BCUT2D eigenvalue weighted by Gasteiger charge is 2.11. The summed E-state index contributed by atoms with van der Waals surface area (Å²) in [5.41, 5.74) is 5.22. The zero-order chi connectivity index (χ0) is 22.5. The van der Waals surface area contributed by atoms with Gasteiger partial charge in [-0.05, 0) is 31.2 Å². The van der Waals surface area contributed by atoms with Crippen molar-refractivity contribution in [2.24, 2.45) is 10.1 Å². The first-order valence-electron chi connectivity index (χ1n) is 9.57. The summed E-state index contributed by atoms with van der Waals surface area (Å²) in [7, 11) is 0. The summed E-state index contributed by atoms with van der Waals surface area (Å²) < 4.78 is 1.68. The third-order valence-electron chi connectivity index (χ3n) is 4.44. The summed E-state index contributed by atoms with van der Waals surface area (Å²) in [5, 5.41) is 28.1. The van der Waals surface area contributed by atoms with E-state index >= 15 is 0 Å². The van der Waals surface area contributed by atoms with Gasteiger partial charge < -0.3 is 5.11 Å². The number of halogens is 1. The van der Waals surface area contributed by atoms with E-state index in [1.165, 1.54) is 34.8 Å². The summed E-state index contributed by atoms with van der Waals surface area (Å²) in [5.74, 6) is 0.100. The van der Waals surface area contributed by atoms with E-state index < -0.39 is 4.92 Å². The highest BCUT2D eigenvalue weighted by molar-refractivity contribution is 8.93. The first-order chi connectivity index (χ1) is 15.5. The third-order valence-corrected chi connectivity index (χ3v) is 6.19. The average molecular weight is 547 g/mol. The first kappa shape index (κ1) is 24.3. The van der Waals surface area contributed by atoms with Crippen molar-refractivity contribution in [1.82, 2.24) is 9.55 Å². The van der Waals surface area contributed by atoms with Crippen LogP contribution in [0.1, 0.15) is 11.8 Å². The Kier molecular flexibility index (Phi) is 8.09. The van der Waals surface area contributed by atoms with Crippen molar-refractivity contribution in [3.8, 4) is 17.1 Å². The molecule has 9 nitrogen and oxygen atoms in total. The van der Waals surface area contributed by atoms with Crippen molar-refractivity contribution in [3.63, 3.8) is 0 Å². The van der Waals surface area contributed by atoms with Crippen molar-refractivity contribution in [2.75, 3.05) is 5.43 Å². The van der Waals surface area contributed by atoms with Gasteiger partial charge in [-0.3, -0.25) is 19.7 Å². The van der Waals surface area contributed by atoms with Crippen molar-refractivity contribution < 1.29 is 10.0 Å². The monoisotopic (exact) mass is 546 g/mol. The van der Waals surface area contributed by atoms with Gasteiger partial charge >= 0.3 is 0 Å². The van der Waals surface area contributed by atoms with Gasteiger partial charge in [-0.25, -0.2) is 10.4 Å². The van der Waals surface area contributed by atoms with Gasteiger partial charge in [0.25, 0.3) is 5.69 Å². The number of nitrogens with one attached hydrogen (secondary N) is 1. The molecule has 0 unspecified atom stereocenters. The van der Waals surface area contributed by atoms with Crippen molar-refractivity contribution in [1.29, 1.82) is 0 Å². The van der Waals surface area contributed by atoms with Crippen LogP contribution in [0.15, 0.2) is 70.1 Å². The molecule has 0 aliphatic carbocycles. The molecule has 2 N–H and O–H groups in total. The Hall–Kier alpha value is -3.35. The number of hydrogen-bond donors (Lipinski definition) is 2. The van der Waals surface area contributed by atoms with Gasteiger partial charge in [-0.2, -0.15) is 0 Å². The first-order valence-corrected chi connectivity index (χ1v) is 11.3. The lowest BCUT2D eigenvalue weighted by molar-refractivity contribution is -0.384. The number of benzene rings is 2. The van der Waals surface area contributed by atoms with Gasteiger partial charge in [-0.1, -0.05) is 29.5 Å². The lowest BCUT2D eigenvalue weighted by Gasteiger charge is -1.99. The smallest absolute Gasteiger partial charge is 0.269 e. The molecule has 4 aromatic rings. The molecule has 2 aromatic carbocycles. The number of thiazole rings is 2. The van der Waals surface area contributed by atoms with Gasteiger partial charge in [0.1, 0.15) is 4.88 Å². The molecule has 0 fully saturated rings. The van der Waals surface area contributed by atoms with Crippen LogP contribution in [-0.2, 0) is 6.54 Å². The standard InChI is InChI=1S/C21H18N6O3S2.BrH/c1-2-26-19(28)18(12-22-15-6-4-3-5-7-15)32-21(26)25-24-20-23-17(13-31-20)14-8-10-16(11-9-14)27(29)30;/h3-13,28H,2H2,1H3,(H,23,24);1H/b22-12?,25-21+;. The zero-order valence-electron chi connectivity index (χ0n) is 17.3. The molecule has 0 aliphatic heterocycles. The molecule has 4 rings (SSSR count). The van der Waals surface area contributed by atoms with E-state index in [0.717, 1.165) is 11.3 Å². The van der Waals surface area contributed by atoms with Crippen LogP contribution in [0.5, 0.6) is 5.88 Å². The second-order valence-corrected chi connectivity index (χ2v) is 8.34. The fourth-order valence-corrected chi connectivity index (χ4v) is 4.41. The molecule has 2 heterocycles. The molecule has 170 valence electrons. The zero-order valence-corrected chi connectivity index (χ0v) is 20.6. The van der Waals surface area contributed by atoms with E-state index in [-0.39, 0.29) is 28.5 Å². The fourth-order valence-electron chi connectivity index (χ4n) is 2.83. The van der Waals surface area contributed by atoms with Crippen molar-refractivity contribution in [3.05, 3.63) is 79.8 Å². The van der Waals surface area contributed by atoms with Crippen molar-refractivity contribution >= 4 is 62.4 Å². The van der Waals surface area contributed by atoms with E-state index in [4.69, 9.17) is 0 Å². The Balaban J connectivity index is 0.00000306. The number of rotatable bonds is 7. The number of para-hydroxylation sites is 1. The van der Waals surface area contributed by atoms with Crippen LogP contribution in [-0.4, -0.2) is 25.8 Å². The van der Waals surface area contributed by atoms with E-state index in [1.807, 2.05) is 42.6 Å². The fraction of sp³-hybridized carbons (Fsp3) is 0.0952. The SMILES string of the molecule is Br.CCn1c(O)c(C=Nc2ccccc2)s/c1=N/Nc1nc(-c2ccc([N+](=O)[O-])cc2)cs1. The van der Waals surface area contributed by atoms with Crippen LogP contribution in [0, 0.1) is 10.1 Å². The molecular formula is C21H19BrN6O3S2. The number of nitrogens with zero attached hydrogens (tertiary/aromatic N) is 5. The maximum absolute atomic E-state index is 10.8. The maximum atomic E-state index is 10.8. The van der Waals surface area contributed by atoms with Gasteiger partial charge in [-0.15, -0.1) is 33.4 Å². The quantitative estimate of drug-likeness (QED) is 0.178. The molecule has 0 spiro atoms. The van der Waals surface area contributed by atoms with E-state index in [2.05, 4.69) is 20.5 Å². The number of aliphatic imine (C=N–C) groups is 1. The molecule has 0 aliphatic rings. The van der Waals surface area contributed by atoms with Crippen LogP contribution in [0.4, 0.5) is 16.5 Å². The van der Waals surface area contributed by atoms with Crippen molar-refractivity contribution in [2.45, 2.75) is 13.5 Å². The lowest BCUT2D eigenvalue weighted by atomic mass is 10.1. The minimum atomic E-state index is -0.436. The Bertz CT molecular complexity index is 1330. The van der Waals surface area contributed by atoms with Crippen LogP contribution in [0.3, 0.4) is 0 Å². The second-order valence-electron chi connectivity index (χ2n) is 6.48. The van der Waals surface area contributed by atoms with Gasteiger partial charge in [0.05, 0.1) is 22.5 Å². The number of non-ortho nitro benzene ring substituents is 1. The molecule has 0 amide bonds. The predicted octanol–water partition coefficient (Wildman–Crippen LogP) is 5.56. The third kappa shape index (κ3) is 5.72. The second kappa shape index (κ2) is 11.0. The number of aromatic hydroxyl groups is 1. The van der Waals surface area contributed by atoms with Gasteiger partial charge in [0.15, 0.2) is 0 Å². The van der Waals surface area contributed by atoms with E-state index in [9.17, 15) is 15.2 Å². The number of nitro benzene ring substituents is 1. The molecule has 2 aromatic heterocycles. The van der Waals surface area contributed by atoms with E-state index in [1.54, 1.807) is 22.9 Å². The summed E-state index contributed by atoms with van der Waals surface area (Å²) in [6.45, 7) is 2.45. The van der Waals surface area contributed by atoms with Gasteiger partial charge in [0, 0.05) is 29.6 Å². The number of aromatic nitrogens is 2. The van der Waals surface area contributed by atoms with Crippen LogP contribution in [0.25, 0.3) is 11.3 Å². The van der Waals surface area contributed by atoms with Crippen LogP contribution >= 0.6 is 39.7 Å².